The van der Waals surface area contributed by atoms with E-state index in [-0.39, 0.29) is 18.0 Å². The standard InChI is InChI=1S/C11H16N4O2/c16-9(8-3-1-2-6-12-8)13-11-15-14-10(17-11)7-4-5-7/h7-8,12H,1-6H2,(H,13,15,16)/t8-/m0/s1. The number of nitrogens with one attached hydrogen (secondary N) is 2. The van der Waals surface area contributed by atoms with Crippen molar-refractivity contribution in [2.24, 2.45) is 0 Å². The van der Waals surface area contributed by atoms with E-state index in [1.807, 2.05) is 0 Å². The van der Waals surface area contributed by atoms with Crippen LogP contribution in [-0.4, -0.2) is 28.7 Å². The first-order chi connectivity index (χ1) is 8.33. The fourth-order valence-corrected chi connectivity index (χ4v) is 2.05. The van der Waals surface area contributed by atoms with Crippen molar-refractivity contribution in [2.45, 2.75) is 44.1 Å². The number of nitrogens with zero attached hydrogens (tertiary/aromatic N) is 2. The summed E-state index contributed by atoms with van der Waals surface area (Å²) in [6.45, 7) is 0.898. The molecule has 0 radical (unpaired) electrons. The summed E-state index contributed by atoms with van der Waals surface area (Å²) in [7, 11) is 0. The second-order valence-corrected chi connectivity index (χ2v) is 4.71. The van der Waals surface area contributed by atoms with Gasteiger partial charge in [-0.1, -0.05) is 11.5 Å². The average molecular weight is 236 g/mol. The molecular weight excluding hydrogens is 220 g/mol. The number of anilines is 1. The number of aromatic nitrogens is 2. The Bertz CT molecular complexity index is 407. The molecular formula is C11H16N4O2. The van der Waals surface area contributed by atoms with Crippen LogP contribution in [0.25, 0.3) is 0 Å². The van der Waals surface area contributed by atoms with Gasteiger partial charge < -0.3 is 9.73 Å². The molecule has 6 heteroatoms. The second kappa shape index (κ2) is 4.44. The quantitative estimate of drug-likeness (QED) is 0.819. The first kappa shape index (κ1) is 10.7. The van der Waals surface area contributed by atoms with Gasteiger partial charge in [0, 0.05) is 5.92 Å². The molecule has 0 bridgehead atoms. The van der Waals surface area contributed by atoms with Crippen molar-refractivity contribution in [1.82, 2.24) is 15.5 Å². The summed E-state index contributed by atoms with van der Waals surface area (Å²) in [5, 5.41) is 13.6. The van der Waals surface area contributed by atoms with Crippen molar-refractivity contribution in [3.8, 4) is 0 Å². The molecule has 1 amide bonds. The van der Waals surface area contributed by atoms with E-state index in [9.17, 15) is 4.79 Å². The molecule has 0 spiro atoms. The molecule has 1 aliphatic carbocycles. The van der Waals surface area contributed by atoms with Crippen molar-refractivity contribution in [3.63, 3.8) is 0 Å². The summed E-state index contributed by atoms with van der Waals surface area (Å²) >= 11 is 0. The maximum atomic E-state index is 11.9. The zero-order chi connectivity index (χ0) is 11.7. The van der Waals surface area contributed by atoms with Gasteiger partial charge in [0.1, 0.15) is 0 Å². The second-order valence-electron chi connectivity index (χ2n) is 4.71. The van der Waals surface area contributed by atoms with E-state index in [0.717, 1.165) is 38.6 Å². The van der Waals surface area contributed by atoms with Crippen molar-refractivity contribution in [2.75, 3.05) is 11.9 Å². The number of amides is 1. The highest BCUT2D eigenvalue weighted by Crippen LogP contribution is 2.39. The van der Waals surface area contributed by atoms with Gasteiger partial charge in [-0.3, -0.25) is 10.1 Å². The molecule has 6 nitrogen and oxygen atoms in total. The van der Waals surface area contributed by atoms with Gasteiger partial charge in [-0.25, -0.2) is 0 Å². The van der Waals surface area contributed by atoms with Crippen molar-refractivity contribution in [3.05, 3.63) is 5.89 Å². The normalized spacial score (nSPS) is 24.6. The maximum Gasteiger partial charge on any atom is 0.322 e. The first-order valence-electron chi connectivity index (χ1n) is 6.20. The Morgan fingerprint density at radius 1 is 1.29 bits per heavy atom. The van der Waals surface area contributed by atoms with Crippen LogP contribution >= 0.6 is 0 Å². The lowest BCUT2D eigenvalue weighted by Gasteiger charge is -2.21. The molecule has 0 unspecified atom stereocenters. The molecule has 2 N–H and O–H groups in total. The predicted molar refractivity (Wildman–Crippen MR) is 60.5 cm³/mol. The Kier molecular flexibility index (Phi) is 2.80. The highest BCUT2D eigenvalue weighted by atomic mass is 16.4. The van der Waals surface area contributed by atoms with Crippen LogP contribution < -0.4 is 10.6 Å². The van der Waals surface area contributed by atoms with Gasteiger partial charge in [-0.2, -0.15) is 0 Å². The largest absolute Gasteiger partial charge is 0.408 e. The molecule has 3 rings (SSSR count). The molecule has 1 aliphatic heterocycles. The van der Waals surface area contributed by atoms with E-state index in [1.165, 1.54) is 0 Å². The Morgan fingerprint density at radius 2 is 2.18 bits per heavy atom. The number of carbonyl (C=O) groups is 1. The Balaban J connectivity index is 1.58. The summed E-state index contributed by atoms with van der Waals surface area (Å²) in [5.41, 5.74) is 0. The van der Waals surface area contributed by atoms with E-state index in [2.05, 4.69) is 20.8 Å². The van der Waals surface area contributed by atoms with Gasteiger partial charge in [0.2, 0.25) is 11.8 Å². The summed E-state index contributed by atoms with van der Waals surface area (Å²) in [4.78, 5) is 11.9. The van der Waals surface area contributed by atoms with Gasteiger partial charge >= 0.3 is 6.01 Å². The lowest BCUT2D eigenvalue weighted by molar-refractivity contribution is -0.118. The van der Waals surface area contributed by atoms with Gasteiger partial charge in [0.25, 0.3) is 0 Å². The van der Waals surface area contributed by atoms with Gasteiger partial charge in [-0.05, 0) is 32.2 Å². The van der Waals surface area contributed by atoms with Crippen molar-refractivity contribution in [1.29, 1.82) is 0 Å². The van der Waals surface area contributed by atoms with Crippen molar-refractivity contribution >= 4 is 11.9 Å². The molecule has 2 heterocycles. The van der Waals surface area contributed by atoms with Crippen LogP contribution in [0.15, 0.2) is 4.42 Å². The summed E-state index contributed by atoms with van der Waals surface area (Å²) in [6, 6.07) is 0.101. The van der Waals surface area contributed by atoms with Gasteiger partial charge in [0.05, 0.1) is 6.04 Å². The summed E-state index contributed by atoms with van der Waals surface area (Å²) < 4.78 is 5.39. The summed E-state index contributed by atoms with van der Waals surface area (Å²) in [6.07, 6.45) is 5.31. The monoisotopic (exact) mass is 236 g/mol. The van der Waals surface area contributed by atoms with Crippen LogP contribution in [0.2, 0.25) is 0 Å². The van der Waals surface area contributed by atoms with Crippen molar-refractivity contribution < 1.29 is 9.21 Å². The van der Waals surface area contributed by atoms with Crippen LogP contribution in [0.1, 0.15) is 43.9 Å². The zero-order valence-corrected chi connectivity index (χ0v) is 9.61. The molecule has 2 fully saturated rings. The Morgan fingerprint density at radius 3 is 2.88 bits per heavy atom. The highest BCUT2D eigenvalue weighted by Gasteiger charge is 2.30. The van der Waals surface area contributed by atoms with E-state index in [1.54, 1.807) is 0 Å². The SMILES string of the molecule is O=C(Nc1nnc(C2CC2)o1)[C@@H]1CCCCN1. The minimum Gasteiger partial charge on any atom is -0.408 e. The number of rotatable bonds is 3. The van der Waals surface area contributed by atoms with E-state index in [0.29, 0.717) is 11.8 Å². The predicted octanol–water partition coefficient (Wildman–Crippen LogP) is 1.03. The van der Waals surface area contributed by atoms with Gasteiger partial charge in [0.15, 0.2) is 0 Å². The zero-order valence-electron chi connectivity index (χ0n) is 9.61. The third-order valence-electron chi connectivity index (χ3n) is 3.22. The smallest absolute Gasteiger partial charge is 0.322 e. The minimum absolute atomic E-state index is 0.0734. The van der Waals surface area contributed by atoms with Crippen LogP contribution in [0.5, 0.6) is 0 Å². The van der Waals surface area contributed by atoms with E-state index < -0.39 is 0 Å². The number of carbonyl (C=O) groups excluding carboxylic acids is 1. The first-order valence-corrected chi connectivity index (χ1v) is 6.20. The number of piperidine rings is 1. The summed E-state index contributed by atoms with van der Waals surface area (Å²) in [5.74, 6) is 0.994. The van der Waals surface area contributed by atoms with Crippen LogP contribution in [0.4, 0.5) is 6.01 Å². The topological polar surface area (TPSA) is 80.1 Å². The lowest BCUT2D eigenvalue weighted by Crippen LogP contribution is -2.43. The van der Waals surface area contributed by atoms with Gasteiger partial charge in [-0.15, -0.1) is 5.10 Å². The molecule has 1 aromatic rings. The third kappa shape index (κ3) is 2.46. The molecule has 1 saturated carbocycles. The lowest BCUT2D eigenvalue weighted by atomic mass is 10.0. The molecule has 1 atom stereocenters. The van der Waals surface area contributed by atoms with E-state index in [4.69, 9.17) is 4.42 Å². The molecule has 17 heavy (non-hydrogen) atoms. The fraction of sp³-hybridized carbons (Fsp3) is 0.727. The number of hydrogen-bond donors (Lipinski definition) is 2. The Labute approximate surface area is 99.2 Å². The molecule has 92 valence electrons. The average Bonchev–Trinajstić information content (AvgIpc) is 3.12. The fourth-order valence-electron chi connectivity index (χ4n) is 2.05. The van der Waals surface area contributed by atoms with E-state index >= 15 is 0 Å². The Hall–Kier alpha value is -1.43. The molecule has 1 aromatic heterocycles. The molecule has 2 aliphatic rings. The van der Waals surface area contributed by atoms with Crippen LogP contribution in [0.3, 0.4) is 0 Å². The molecule has 1 saturated heterocycles. The van der Waals surface area contributed by atoms with Crippen LogP contribution in [0, 0.1) is 0 Å². The minimum atomic E-state index is -0.125. The third-order valence-corrected chi connectivity index (χ3v) is 3.22. The molecule has 0 aromatic carbocycles. The highest BCUT2D eigenvalue weighted by molar-refractivity contribution is 5.93. The number of hydrogen-bond acceptors (Lipinski definition) is 5. The van der Waals surface area contributed by atoms with Crippen LogP contribution in [-0.2, 0) is 4.79 Å². The maximum absolute atomic E-state index is 11.9.